The maximum atomic E-state index is 13.1. The molecule has 2 aromatic rings. The zero-order chi connectivity index (χ0) is 19.0. The van der Waals surface area contributed by atoms with Gasteiger partial charge in [0.2, 0.25) is 0 Å². The Bertz CT molecular complexity index is 869. The van der Waals surface area contributed by atoms with Gasteiger partial charge in [-0.05, 0) is 30.5 Å². The zero-order valence-corrected chi connectivity index (χ0v) is 16.0. The van der Waals surface area contributed by atoms with Crippen molar-refractivity contribution in [3.63, 3.8) is 0 Å². The lowest BCUT2D eigenvalue weighted by molar-refractivity contribution is -0.181. The number of hydrogen-bond acceptors (Lipinski definition) is 5. The van der Waals surface area contributed by atoms with Crippen LogP contribution in [0.4, 0.5) is 11.4 Å². The molecule has 0 atom stereocenters. The molecule has 0 bridgehead atoms. The minimum absolute atomic E-state index is 0.0347. The first-order valence-electron chi connectivity index (χ1n) is 10.1. The van der Waals surface area contributed by atoms with E-state index in [-0.39, 0.29) is 5.91 Å². The van der Waals surface area contributed by atoms with Crippen LogP contribution in [0.3, 0.4) is 0 Å². The maximum Gasteiger partial charge on any atom is 0.255 e. The third-order valence-corrected chi connectivity index (χ3v) is 6.02. The largest absolute Gasteiger partial charge is 0.347 e. The lowest BCUT2D eigenvalue weighted by Gasteiger charge is -2.37. The molecule has 1 aromatic carbocycles. The Morgan fingerprint density at radius 2 is 1.82 bits per heavy atom. The number of hydrogen-bond donors (Lipinski definition) is 0. The Hall–Kier alpha value is -2.44. The van der Waals surface area contributed by atoms with E-state index in [9.17, 15) is 4.79 Å². The van der Waals surface area contributed by atoms with E-state index in [1.54, 1.807) is 6.20 Å². The monoisotopic (exact) mass is 379 g/mol. The van der Waals surface area contributed by atoms with E-state index in [1.807, 2.05) is 17.2 Å². The summed E-state index contributed by atoms with van der Waals surface area (Å²) in [6.07, 6.45) is 7.18. The predicted molar refractivity (Wildman–Crippen MR) is 106 cm³/mol. The molecule has 6 heteroatoms. The average molecular weight is 379 g/mol. The number of aryl methyl sites for hydroxylation is 1. The van der Waals surface area contributed by atoms with Gasteiger partial charge >= 0.3 is 0 Å². The molecule has 1 amide bonds. The molecule has 3 aliphatic heterocycles. The second kappa shape index (κ2) is 7.18. The first-order chi connectivity index (χ1) is 13.7. The van der Waals surface area contributed by atoms with E-state index in [1.165, 1.54) is 11.3 Å². The number of carbonyl (C=O) groups is 1. The molecular formula is C22H25N3O3. The number of rotatable bonds is 2. The summed E-state index contributed by atoms with van der Waals surface area (Å²) >= 11 is 0. The molecule has 28 heavy (non-hydrogen) atoms. The quantitative estimate of drug-likeness (QED) is 0.802. The standard InChI is InChI=1S/C22H25N3O3/c26-21(24-10-7-22(8-11-24)27-12-13-28-22)18-14-19(16-23-15-18)25-9-3-5-17-4-1-2-6-20(17)25/h1-2,4,6,14-16H,3,5,7-13H2. The van der Waals surface area contributed by atoms with Gasteiger partial charge in [-0.15, -0.1) is 0 Å². The third kappa shape index (κ3) is 3.16. The van der Waals surface area contributed by atoms with Gasteiger partial charge in [-0.2, -0.15) is 0 Å². The summed E-state index contributed by atoms with van der Waals surface area (Å²) in [7, 11) is 0. The Labute approximate surface area is 165 Å². The first-order valence-corrected chi connectivity index (χ1v) is 10.1. The summed E-state index contributed by atoms with van der Waals surface area (Å²) in [4.78, 5) is 21.6. The van der Waals surface area contributed by atoms with Gasteiger partial charge < -0.3 is 19.3 Å². The minimum atomic E-state index is -0.464. The molecule has 1 aromatic heterocycles. The van der Waals surface area contributed by atoms with Crippen LogP contribution in [0.15, 0.2) is 42.7 Å². The molecule has 5 rings (SSSR count). The molecule has 146 valence electrons. The minimum Gasteiger partial charge on any atom is -0.347 e. The van der Waals surface area contributed by atoms with Crippen LogP contribution in [0.1, 0.15) is 35.2 Å². The van der Waals surface area contributed by atoms with Crippen molar-refractivity contribution in [1.82, 2.24) is 9.88 Å². The number of piperidine rings is 1. The van der Waals surface area contributed by atoms with Gasteiger partial charge in [0.1, 0.15) is 0 Å². The van der Waals surface area contributed by atoms with Crippen molar-refractivity contribution in [2.45, 2.75) is 31.5 Å². The number of pyridine rings is 1. The lowest BCUT2D eigenvalue weighted by Crippen LogP contribution is -2.47. The SMILES string of the molecule is O=C(c1cncc(N2CCCc3ccccc32)c1)N1CCC2(CC1)OCCO2. The van der Waals surface area contributed by atoms with E-state index >= 15 is 0 Å². The van der Waals surface area contributed by atoms with E-state index in [0.29, 0.717) is 31.9 Å². The fourth-order valence-corrected chi connectivity index (χ4v) is 4.51. The number of nitrogens with zero attached hydrogens (tertiary/aromatic N) is 3. The first kappa shape index (κ1) is 17.6. The van der Waals surface area contributed by atoms with Crippen molar-refractivity contribution in [3.05, 3.63) is 53.9 Å². The van der Waals surface area contributed by atoms with Crippen LogP contribution in [0, 0.1) is 0 Å². The number of carbonyl (C=O) groups excluding carboxylic acids is 1. The number of anilines is 2. The fourth-order valence-electron chi connectivity index (χ4n) is 4.51. The Morgan fingerprint density at radius 1 is 1.04 bits per heavy atom. The van der Waals surface area contributed by atoms with Crippen LogP contribution in [-0.4, -0.2) is 54.4 Å². The fraction of sp³-hybridized carbons (Fsp3) is 0.455. The summed E-state index contributed by atoms with van der Waals surface area (Å²) in [6.45, 7) is 3.54. The van der Waals surface area contributed by atoms with Crippen LogP contribution >= 0.6 is 0 Å². The van der Waals surface area contributed by atoms with Crippen molar-refractivity contribution in [2.24, 2.45) is 0 Å². The highest BCUT2D eigenvalue weighted by Crippen LogP contribution is 2.34. The van der Waals surface area contributed by atoms with Crippen LogP contribution in [0.2, 0.25) is 0 Å². The summed E-state index contributed by atoms with van der Waals surface area (Å²) in [5.41, 5.74) is 4.19. The topological polar surface area (TPSA) is 54.9 Å². The van der Waals surface area contributed by atoms with E-state index < -0.39 is 5.79 Å². The Morgan fingerprint density at radius 3 is 2.64 bits per heavy atom. The number of para-hydroxylation sites is 1. The van der Waals surface area contributed by atoms with Crippen molar-refractivity contribution >= 4 is 17.3 Å². The van der Waals surface area contributed by atoms with Gasteiger partial charge in [-0.3, -0.25) is 9.78 Å². The second-order valence-corrected chi connectivity index (χ2v) is 7.72. The summed E-state index contributed by atoms with van der Waals surface area (Å²) in [6, 6.07) is 10.5. The molecule has 0 aliphatic carbocycles. The molecule has 0 unspecified atom stereocenters. The third-order valence-electron chi connectivity index (χ3n) is 6.02. The number of ether oxygens (including phenoxy) is 2. The van der Waals surface area contributed by atoms with Crippen molar-refractivity contribution < 1.29 is 14.3 Å². The van der Waals surface area contributed by atoms with Gasteiger partial charge in [-0.25, -0.2) is 0 Å². The molecule has 3 aliphatic rings. The number of likely N-dealkylation sites (tertiary alicyclic amines) is 1. The summed E-state index contributed by atoms with van der Waals surface area (Å²) < 4.78 is 11.5. The molecule has 0 N–H and O–H groups in total. The smallest absolute Gasteiger partial charge is 0.255 e. The summed E-state index contributed by atoms with van der Waals surface area (Å²) in [5.74, 6) is -0.429. The molecule has 1 spiro atoms. The van der Waals surface area contributed by atoms with Crippen LogP contribution in [-0.2, 0) is 15.9 Å². The molecule has 2 fully saturated rings. The predicted octanol–water partition coefficient (Wildman–Crippen LogP) is 3.15. The number of benzene rings is 1. The average Bonchev–Trinajstić information content (AvgIpc) is 3.21. The molecule has 2 saturated heterocycles. The van der Waals surface area contributed by atoms with E-state index in [4.69, 9.17) is 9.47 Å². The van der Waals surface area contributed by atoms with Gasteiger partial charge in [0, 0.05) is 44.4 Å². The highest BCUT2D eigenvalue weighted by atomic mass is 16.7. The van der Waals surface area contributed by atoms with Gasteiger partial charge in [-0.1, -0.05) is 18.2 Å². The van der Waals surface area contributed by atoms with Crippen molar-refractivity contribution in [3.8, 4) is 0 Å². The number of fused-ring (bicyclic) bond motifs is 1. The second-order valence-electron chi connectivity index (χ2n) is 7.72. The van der Waals surface area contributed by atoms with Crippen LogP contribution < -0.4 is 4.90 Å². The molecule has 4 heterocycles. The maximum absolute atomic E-state index is 13.1. The normalized spacial score (nSPS) is 21.0. The van der Waals surface area contributed by atoms with E-state index in [0.717, 1.165) is 37.9 Å². The highest BCUT2D eigenvalue weighted by molar-refractivity contribution is 5.95. The number of amides is 1. The van der Waals surface area contributed by atoms with Gasteiger partial charge in [0.25, 0.3) is 5.91 Å². The lowest BCUT2D eigenvalue weighted by atomic mass is 10.0. The van der Waals surface area contributed by atoms with Crippen LogP contribution in [0.5, 0.6) is 0 Å². The number of aromatic nitrogens is 1. The van der Waals surface area contributed by atoms with Crippen LogP contribution in [0.25, 0.3) is 0 Å². The Kier molecular flexibility index (Phi) is 4.53. The molecule has 6 nitrogen and oxygen atoms in total. The molecule has 0 saturated carbocycles. The van der Waals surface area contributed by atoms with Gasteiger partial charge in [0.05, 0.1) is 30.7 Å². The molecule has 0 radical (unpaired) electrons. The van der Waals surface area contributed by atoms with Gasteiger partial charge in [0.15, 0.2) is 5.79 Å². The Balaban J connectivity index is 1.34. The summed E-state index contributed by atoms with van der Waals surface area (Å²) in [5, 5.41) is 0. The van der Waals surface area contributed by atoms with E-state index in [2.05, 4.69) is 34.1 Å². The highest BCUT2D eigenvalue weighted by Gasteiger charge is 2.41. The van der Waals surface area contributed by atoms with Crippen molar-refractivity contribution in [1.29, 1.82) is 0 Å². The zero-order valence-electron chi connectivity index (χ0n) is 16.0. The van der Waals surface area contributed by atoms with Crippen molar-refractivity contribution in [2.75, 3.05) is 37.7 Å². The molecular weight excluding hydrogens is 354 g/mol.